The molecule has 1 aromatic heterocycles. The van der Waals surface area contributed by atoms with Crippen molar-refractivity contribution in [2.45, 2.75) is 58.4 Å². The fourth-order valence-corrected chi connectivity index (χ4v) is 3.29. The Morgan fingerprint density at radius 2 is 1.63 bits per heavy atom. The van der Waals surface area contributed by atoms with Crippen molar-refractivity contribution >= 4 is 39.3 Å². The quantitative estimate of drug-likeness (QED) is 0.512. The number of amides is 2. The molecule has 1 atom stereocenters. The van der Waals surface area contributed by atoms with E-state index in [0.717, 1.165) is 0 Å². The molecule has 1 aliphatic rings. The van der Waals surface area contributed by atoms with Gasteiger partial charge in [-0.25, -0.2) is 0 Å². The zero-order chi connectivity index (χ0) is 22.1. The fourth-order valence-electron chi connectivity index (χ4n) is 2.83. The molecule has 3 rings (SSSR count). The number of nitrogens with one attached hydrogen (secondary N) is 3. The zero-order valence-electron chi connectivity index (χ0n) is 17.1. The van der Waals surface area contributed by atoms with Crippen LogP contribution in [0.5, 0.6) is 5.75 Å². The second kappa shape index (κ2) is 11.5. The number of carbonyl (C=O) groups excluding carboxylic acids is 3. The van der Waals surface area contributed by atoms with Gasteiger partial charge >= 0.3 is 0 Å². The Morgan fingerprint density at radius 3 is 2.17 bits per heavy atom. The van der Waals surface area contributed by atoms with Crippen LogP contribution in [-0.4, -0.2) is 38.9 Å². The van der Waals surface area contributed by atoms with Gasteiger partial charge in [-0.3, -0.25) is 19.5 Å². The van der Waals surface area contributed by atoms with Crippen LogP contribution < -0.4 is 10.6 Å². The molecule has 1 aromatic carbocycles. The number of aromatic hydroxyl groups is 1. The number of para-hydroxylation sites is 1. The van der Waals surface area contributed by atoms with Crippen molar-refractivity contribution in [2.24, 2.45) is 0 Å². The van der Waals surface area contributed by atoms with E-state index in [1.54, 1.807) is 19.1 Å². The molecule has 1 fully saturated rings. The Labute approximate surface area is 184 Å². The molecule has 1 aliphatic carbocycles. The van der Waals surface area contributed by atoms with Crippen LogP contribution in [0.1, 0.15) is 73.2 Å². The van der Waals surface area contributed by atoms with Crippen molar-refractivity contribution in [3.05, 3.63) is 40.0 Å². The number of phenols is 1. The second-order valence-electron chi connectivity index (χ2n) is 7.16. The summed E-state index contributed by atoms with van der Waals surface area (Å²) in [6.07, 6.45) is 9.00. The standard InChI is InChI=1S/C15H15BrN4O4.C6H12/c1-7(8(2)21)17-15(24)12-11(16)13(20-19-12)18-14(23)9-5-3-4-6-10(9)22;1-2-4-6-5-3-1/h3-7,22H,1-2H3,(H,17,24)(H2,18,19,20,23);1-6H2. The number of halogens is 1. The smallest absolute Gasteiger partial charge is 0.271 e. The van der Waals surface area contributed by atoms with Crippen LogP contribution in [0.2, 0.25) is 0 Å². The molecule has 2 amide bonds. The molecule has 162 valence electrons. The van der Waals surface area contributed by atoms with Crippen molar-refractivity contribution in [3.8, 4) is 5.75 Å². The van der Waals surface area contributed by atoms with Gasteiger partial charge in [0.1, 0.15) is 11.4 Å². The van der Waals surface area contributed by atoms with E-state index in [2.05, 4.69) is 36.8 Å². The molecule has 0 radical (unpaired) electrons. The monoisotopic (exact) mass is 478 g/mol. The first-order valence-electron chi connectivity index (χ1n) is 9.95. The normalized spacial score (nSPS) is 14.1. The van der Waals surface area contributed by atoms with Gasteiger partial charge in [-0.05, 0) is 41.9 Å². The van der Waals surface area contributed by atoms with Crippen LogP contribution in [0.15, 0.2) is 28.7 Å². The van der Waals surface area contributed by atoms with Gasteiger partial charge in [-0.1, -0.05) is 50.7 Å². The number of benzene rings is 1. The maximum atomic E-state index is 12.1. The van der Waals surface area contributed by atoms with E-state index >= 15 is 0 Å². The van der Waals surface area contributed by atoms with Gasteiger partial charge in [0.15, 0.2) is 11.6 Å². The molecule has 0 aliphatic heterocycles. The average Bonchev–Trinajstić information content (AvgIpc) is 3.10. The minimum atomic E-state index is -0.646. The van der Waals surface area contributed by atoms with Crippen LogP contribution in [0, 0.1) is 0 Å². The Bertz CT molecular complexity index is 881. The number of aromatic nitrogens is 2. The summed E-state index contributed by atoms with van der Waals surface area (Å²) in [6.45, 7) is 2.93. The predicted octanol–water partition coefficient (Wildman–Crippen LogP) is 4.18. The maximum Gasteiger partial charge on any atom is 0.271 e. The molecule has 9 heteroatoms. The number of carbonyl (C=O) groups is 3. The molecule has 1 saturated carbocycles. The summed E-state index contributed by atoms with van der Waals surface area (Å²) in [5, 5.41) is 21.0. The summed E-state index contributed by atoms with van der Waals surface area (Å²) < 4.78 is 0.236. The first-order valence-corrected chi connectivity index (χ1v) is 10.7. The number of hydrogen-bond acceptors (Lipinski definition) is 5. The molecular formula is C21H27BrN4O4. The highest BCUT2D eigenvalue weighted by atomic mass is 79.9. The summed E-state index contributed by atoms with van der Waals surface area (Å²) in [5.41, 5.74) is 0.138. The van der Waals surface area contributed by atoms with E-state index in [9.17, 15) is 19.5 Å². The highest BCUT2D eigenvalue weighted by Gasteiger charge is 2.22. The van der Waals surface area contributed by atoms with Crippen LogP contribution in [0.3, 0.4) is 0 Å². The lowest BCUT2D eigenvalue weighted by Gasteiger charge is -2.09. The number of aromatic amines is 1. The van der Waals surface area contributed by atoms with Crippen LogP contribution >= 0.6 is 15.9 Å². The summed E-state index contributed by atoms with van der Waals surface area (Å²) in [4.78, 5) is 35.4. The fraction of sp³-hybridized carbons (Fsp3) is 0.429. The summed E-state index contributed by atoms with van der Waals surface area (Å²) in [6, 6.07) is 5.39. The number of hydrogen-bond donors (Lipinski definition) is 4. The molecule has 0 saturated heterocycles. The van der Waals surface area contributed by atoms with Crippen molar-refractivity contribution in [1.29, 1.82) is 0 Å². The summed E-state index contributed by atoms with van der Waals surface area (Å²) >= 11 is 3.18. The third kappa shape index (κ3) is 6.69. The van der Waals surface area contributed by atoms with Gasteiger partial charge < -0.3 is 15.7 Å². The lowest BCUT2D eigenvalue weighted by atomic mass is 10.0. The molecule has 4 N–H and O–H groups in total. The van der Waals surface area contributed by atoms with Gasteiger partial charge in [-0.15, -0.1) is 0 Å². The minimum absolute atomic E-state index is 0.0654. The SMILES string of the molecule is C1CCCCC1.CC(=O)C(C)NC(=O)c1[nH]nc(NC(=O)c2ccccc2O)c1Br. The van der Waals surface area contributed by atoms with Crippen LogP contribution in [0.25, 0.3) is 0 Å². The van der Waals surface area contributed by atoms with Crippen molar-refractivity contribution in [3.63, 3.8) is 0 Å². The Hall–Kier alpha value is -2.68. The van der Waals surface area contributed by atoms with Gasteiger partial charge in [0.25, 0.3) is 11.8 Å². The second-order valence-corrected chi connectivity index (χ2v) is 7.95. The number of Topliss-reactive ketones (excluding diaryl/α,β-unsaturated/α-hetero) is 1. The first kappa shape index (κ1) is 23.6. The zero-order valence-corrected chi connectivity index (χ0v) is 18.7. The number of ketones is 1. The Balaban J connectivity index is 0.000000456. The number of nitrogens with zero attached hydrogens (tertiary/aromatic N) is 1. The Kier molecular flexibility index (Phi) is 9.04. The van der Waals surface area contributed by atoms with Crippen LogP contribution in [-0.2, 0) is 4.79 Å². The topological polar surface area (TPSA) is 124 Å². The highest BCUT2D eigenvalue weighted by Crippen LogP contribution is 2.25. The number of phenolic OH excluding ortho intramolecular Hbond substituents is 1. The number of anilines is 1. The molecule has 1 unspecified atom stereocenters. The molecule has 8 nitrogen and oxygen atoms in total. The van der Waals surface area contributed by atoms with Crippen LogP contribution in [0.4, 0.5) is 5.82 Å². The van der Waals surface area contributed by atoms with E-state index in [-0.39, 0.29) is 33.1 Å². The molecular weight excluding hydrogens is 452 g/mol. The van der Waals surface area contributed by atoms with Gasteiger partial charge in [0.2, 0.25) is 0 Å². The summed E-state index contributed by atoms with van der Waals surface area (Å²) in [5.74, 6) is -1.39. The van der Waals surface area contributed by atoms with Crippen molar-refractivity contribution < 1.29 is 19.5 Å². The number of rotatable bonds is 5. The lowest BCUT2D eigenvalue weighted by Crippen LogP contribution is -2.37. The third-order valence-electron chi connectivity index (χ3n) is 4.77. The average molecular weight is 479 g/mol. The van der Waals surface area contributed by atoms with Gasteiger partial charge in [0, 0.05) is 0 Å². The Morgan fingerprint density at radius 1 is 1.07 bits per heavy atom. The third-order valence-corrected chi connectivity index (χ3v) is 5.54. The number of H-pyrrole nitrogens is 1. The predicted molar refractivity (Wildman–Crippen MR) is 118 cm³/mol. The van der Waals surface area contributed by atoms with Crippen molar-refractivity contribution in [2.75, 3.05) is 5.32 Å². The van der Waals surface area contributed by atoms with E-state index in [0.29, 0.717) is 0 Å². The maximum absolute atomic E-state index is 12.1. The first-order chi connectivity index (χ1) is 14.3. The molecule has 0 bridgehead atoms. The van der Waals surface area contributed by atoms with Crippen molar-refractivity contribution in [1.82, 2.24) is 15.5 Å². The minimum Gasteiger partial charge on any atom is -0.507 e. The van der Waals surface area contributed by atoms with E-state index in [1.807, 2.05) is 0 Å². The summed E-state index contributed by atoms with van der Waals surface area (Å²) in [7, 11) is 0. The van der Waals surface area contributed by atoms with E-state index in [4.69, 9.17) is 0 Å². The van der Waals surface area contributed by atoms with Gasteiger partial charge in [-0.2, -0.15) is 5.10 Å². The lowest BCUT2D eigenvalue weighted by molar-refractivity contribution is -0.118. The molecule has 30 heavy (non-hydrogen) atoms. The molecule has 2 aromatic rings. The van der Waals surface area contributed by atoms with Gasteiger partial charge in [0.05, 0.1) is 16.1 Å². The molecule has 1 heterocycles. The van der Waals surface area contributed by atoms with E-state index < -0.39 is 17.9 Å². The largest absolute Gasteiger partial charge is 0.507 e. The highest BCUT2D eigenvalue weighted by molar-refractivity contribution is 9.10. The van der Waals surface area contributed by atoms with E-state index in [1.165, 1.54) is 57.6 Å². The molecule has 0 spiro atoms.